The van der Waals surface area contributed by atoms with Gasteiger partial charge in [-0.05, 0) is 84.3 Å². The molecule has 0 spiro atoms. The fraction of sp³-hybridized carbons (Fsp3) is 0.172. The number of thioether (sulfide) groups is 1. The molecule has 4 aromatic rings. The Morgan fingerprint density at radius 3 is 2.38 bits per heavy atom. The van der Waals surface area contributed by atoms with Crippen LogP contribution in [-0.2, 0) is 27.7 Å². The summed E-state index contributed by atoms with van der Waals surface area (Å²) in [6, 6.07) is 24.0. The third kappa shape index (κ3) is 5.12. The van der Waals surface area contributed by atoms with Gasteiger partial charge in [0.15, 0.2) is 0 Å². The van der Waals surface area contributed by atoms with Gasteiger partial charge in [-0.3, -0.25) is 9.10 Å². The van der Waals surface area contributed by atoms with Gasteiger partial charge in [-0.25, -0.2) is 13.8 Å². The maximum Gasteiger partial charge on any atom is 0.264 e. The van der Waals surface area contributed by atoms with Crippen LogP contribution in [0.15, 0.2) is 93.8 Å². The fourth-order valence-corrected chi connectivity index (χ4v) is 6.45. The molecule has 0 radical (unpaired) electrons. The summed E-state index contributed by atoms with van der Waals surface area (Å²) in [5, 5.41) is 6.53. The molecule has 1 N–H and O–H groups in total. The van der Waals surface area contributed by atoms with Crippen LogP contribution in [0.4, 0.5) is 5.69 Å². The van der Waals surface area contributed by atoms with Crippen molar-refractivity contribution in [3.8, 4) is 0 Å². The van der Waals surface area contributed by atoms with Crippen LogP contribution < -0.4 is 9.73 Å². The zero-order valence-electron chi connectivity index (χ0n) is 20.6. The number of hydrogen-bond acceptors (Lipinski definition) is 5. The van der Waals surface area contributed by atoms with Gasteiger partial charge in [0.1, 0.15) is 6.54 Å². The van der Waals surface area contributed by atoms with Gasteiger partial charge in [0.2, 0.25) is 0 Å². The van der Waals surface area contributed by atoms with Crippen LogP contribution in [0.1, 0.15) is 22.3 Å². The van der Waals surface area contributed by atoms with Gasteiger partial charge in [0.05, 0.1) is 16.8 Å². The number of hydrazone groups is 1. The highest BCUT2D eigenvalue weighted by molar-refractivity contribution is 7.98. The number of nitrogens with one attached hydrogen (secondary N) is 1. The molecule has 0 aliphatic heterocycles. The van der Waals surface area contributed by atoms with Gasteiger partial charge < -0.3 is 0 Å². The van der Waals surface area contributed by atoms with Crippen LogP contribution in [0.3, 0.4) is 0 Å². The average Bonchev–Trinajstić information content (AvgIpc) is 3.34. The summed E-state index contributed by atoms with van der Waals surface area (Å²) in [7, 11) is -3.98. The van der Waals surface area contributed by atoms with Crippen molar-refractivity contribution in [1.82, 2.24) is 5.43 Å². The van der Waals surface area contributed by atoms with Crippen LogP contribution in [0.25, 0.3) is 10.8 Å². The number of nitrogens with zero attached hydrogens (tertiary/aromatic N) is 2. The minimum Gasteiger partial charge on any atom is -0.271 e. The van der Waals surface area contributed by atoms with Crippen LogP contribution in [-0.4, -0.2) is 33.3 Å². The van der Waals surface area contributed by atoms with Crippen molar-refractivity contribution in [2.75, 3.05) is 17.1 Å². The molecule has 8 heteroatoms. The molecule has 4 aromatic carbocycles. The molecule has 1 aliphatic rings. The van der Waals surface area contributed by atoms with Gasteiger partial charge in [-0.2, -0.15) is 5.10 Å². The van der Waals surface area contributed by atoms with Crippen LogP contribution in [0.2, 0.25) is 0 Å². The molecule has 0 aromatic heterocycles. The van der Waals surface area contributed by atoms with Gasteiger partial charge in [-0.15, -0.1) is 11.8 Å². The molecule has 0 bridgehead atoms. The second-order valence-electron chi connectivity index (χ2n) is 8.97. The summed E-state index contributed by atoms with van der Waals surface area (Å²) in [5.41, 5.74) is 7.48. The molecule has 0 saturated heterocycles. The van der Waals surface area contributed by atoms with E-state index in [0.717, 1.165) is 38.6 Å². The summed E-state index contributed by atoms with van der Waals surface area (Å²) in [4.78, 5) is 14.0. The molecule has 0 fully saturated rings. The highest BCUT2D eigenvalue weighted by Gasteiger charge is 2.27. The molecular formula is C29H27N3O3S2. The second-order valence-corrected chi connectivity index (χ2v) is 11.7. The standard InChI is InChI=1S/C29H27N3O3S2/c1-20-6-12-24(13-7-20)32(37(34,35)26-16-14-25(36-2)15-17-26)19-28(33)31-30-18-23-11-10-22-9-8-21-4-3-5-27(23)29(21)22/h3-7,10-18H,8-9,19H2,1-2H3,(H,31,33)/b30-18-. The number of hydrogen-bond donors (Lipinski definition) is 1. The minimum absolute atomic E-state index is 0.120. The Hall–Kier alpha value is -3.62. The molecule has 0 unspecified atom stereocenters. The average molecular weight is 530 g/mol. The Kier molecular flexibility index (Phi) is 7.04. The molecule has 1 aliphatic carbocycles. The van der Waals surface area contributed by atoms with Crippen molar-refractivity contribution >= 4 is 50.4 Å². The van der Waals surface area contributed by atoms with E-state index in [0.29, 0.717) is 5.69 Å². The first-order valence-electron chi connectivity index (χ1n) is 12.0. The van der Waals surface area contributed by atoms with E-state index < -0.39 is 22.5 Å². The highest BCUT2D eigenvalue weighted by Crippen LogP contribution is 2.32. The van der Waals surface area contributed by atoms with Gasteiger partial charge >= 0.3 is 0 Å². The van der Waals surface area contributed by atoms with Gasteiger partial charge in [0.25, 0.3) is 15.9 Å². The summed E-state index contributed by atoms with van der Waals surface area (Å²) in [6.45, 7) is 1.52. The Morgan fingerprint density at radius 2 is 1.68 bits per heavy atom. The Morgan fingerprint density at radius 1 is 0.973 bits per heavy atom. The first-order valence-corrected chi connectivity index (χ1v) is 14.6. The molecule has 0 heterocycles. The second kappa shape index (κ2) is 10.4. The lowest BCUT2D eigenvalue weighted by Gasteiger charge is -2.24. The number of anilines is 1. The predicted molar refractivity (Wildman–Crippen MR) is 151 cm³/mol. The first kappa shape index (κ1) is 25.0. The van der Waals surface area contributed by atoms with E-state index >= 15 is 0 Å². The van der Waals surface area contributed by atoms with E-state index in [1.54, 1.807) is 42.6 Å². The molecule has 5 rings (SSSR count). The lowest BCUT2D eigenvalue weighted by atomic mass is 10.0. The lowest BCUT2D eigenvalue weighted by Crippen LogP contribution is -2.39. The summed E-state index contributed by atoms with van der Waals surface area (Å²) < 4.78 is 28.2. The van der Waals surface area contributed by atoms with Crippen LogP contribution in [0.5, 0.6) is 0 Å². The summed E-state index contributed by atoms with van der Waals surface area (Å²) in [6.07, 6.45) is 5.61. The molecule has 0 saturated carbocycles. The van der Waals surface area contributed by atoms with Crippen molar-refractivity contribution < 1.29 is 13.2 Å². The molecular weight excluding hydrogens is 502 g/mol. The first-order chi connectivity index (χ1) is 17.9. The number of benzene rings is 4. The van der Waals surface area contributed by atoms with Crippen molar-refractivity contribution in [3.63, 3.8) is 0 Å². The lowest BCUT2D eigenvalue weighted by molar-refractivity contribution is -0.119. The van der Waals surface area contributed by atoms with Crippen molar-refractivity contribution in [2.24, 2.45) is 5.10 Å². The summed E-state index contributed by atoms with van der Waals surface area (Å²) >= 11 is 1.53. The topological polar surface area (TPSA) is 78.8 Å². The Balaban J connectivity index is 1.38. The molecule has 6 nitrogen and oxygen atoms in total. The predicted octanol–water partition coefficient (Wildman–Crippen LogP) is 5.31. The number of amides is 1. The maximum atomic E-state index is 13.6. The Labute approximate surface area is 221 Å². The monoisotopic (exact) mass is 529 g/mol. The quantitative estimate of drug-likeness (QED) is 0.191. The van der Waals surface area contributed by atoms with Crippen LogP contribution >= 0.6 is 11.8 Å². The smallest absolute Gasteiger partial charge is 0.264 e. The van der Waals surface area contributed by atoms with E-state index in [4.69, 9.17) is 0 Å². The third-order valence-corrected chi connectivity index (χ3v) is 9.09. The van der Waals surface area contributed by atoms with Crippen molar-refractivity contribution in [1.29, 1.82) is 0 Å². The number of rotatable bonds is 8. The third-order valence-electron chi connectivity index (χ3n) is 6.56. The van der Waals surface area contributed by atoms with Crippen molar-refractivity contribution in [2.45, 2.75) is 29.6 Å². The molecule has 37 heavy (non-hydrogen) atoms. The zero-order valence-corrected chi connectivity index (χ0v) is 22.3. The Bertz CT molecular complexity index is 1590. The van der Waals surface area contributed by atoms with Gasteiger partial charge in [0, 0.05) is 10.5 Å². The number of carbonyl (C=O) groups excluding carboxylic acids is 1. The minimum atomic E-state index is -3.98. The van der Waals surface area contributed by atoms with E-state index in [2.05, 4.69) is 28.7 Å². The van der Waals surface area contributed by atoms with E-state index in [1.165, 1.54) is 28.3 Å². The van der Waals surface area contributed by atoms with E-state index in [9.17, 15) is 13.2 Å². The normalized spacial score (nSPS) is 12.8. The van der Waals surface area contributed by atoms with Crippen molar-refractivity contribution in [3.05, 3.63) is 101 Å². The maximum absolute atomic E-state index is 13.6. The number of aryl methyl sites for hydroxylation is 3. The van der Waals surface area contributed by atoms with Gasteiger partial charge in [-0.1, -0.05) is 48.0 Å². The molecule has 188 valence electrons. The van der Waals surface area contributed by atoms with E-state index in [-0.39, 0.29) is 4.90 Å². The number of sulfonamides is 1. The van der Waals surface area contributed by atoms with E-state index in [1.807, 2.05) is 37.4 Å². The fourth-order valence-electron chi connectivity index (χ4n) is 4.62. The zero-order chi connectivity index (χ0) is 26.0. The largest absolute Gasteiger partial charge is 0.271 e. The molecule has 1 amide bonds. The summed E-state index contributed by atoms with van der Waals surface area (Å²) in [5.74, 6) is -0.535. The SMILES string of the molecule is CSc1ccc(S(=O)(=O)N(CC(=O)N/N=C\c2ccc3c4c(cccc24)CC3)c2ccc(C)cc2)cc1. The molecule has 0 atom stereocenters. The van der Waals surface area contributed by atoms with Crippen LogP contribution in [0, 0.1) is 6.92 Å². The number of carbonyl (C=O) groups is 1. The highest BCUT2D eigenvalue weighted by atomic mass is 32.2.